The number of aromatic nitrogens is 4. The summed E-state index contributed by atoms with van der Waals surface area (Å²) in [4.78, 5) is 8.01. The number of halogens is 1. The summed E-state index contributed by atoms with van der Waals surface area (Å²) in [5, 5.41) is 13.1. The number of pyridine rings is 1. The number of nitrogens with zero attached hydrogens (tertiary/aromatic N) is 2. The number of rotatable bonds is 7. The Morgan fingerprint density at radius 2 is 1.86 bits per heavy atom. The van der Waals surface area contributed by atoms with Gasteiger partial charge in [-0.25, -0.2) is 4.39 Å². The molecular formula is C30H28FN5. The molecule has 3 heterocycles. The van der Waals surface area contributed by atoms with Gasteiger partial charge in [0.1, 0.15) is 11.5 Å². The van der Waals surface area contributed by atoms with Gasteiger partial charge in [-0.2, -0.15) is 5.10 Å². The number of nitrogens with one attached hydrogen (secondary N) is 3. The normalized spacial score (nSPS) is 12.6. The Labute approximate surface area is 209 Å². The molecular weight excluding hydrogens is 449 g/mol. The molecule has 5 nitrogen and oxygen atoms in total. The fourth-order valence-corrected chi connectivity index (χ4v) is 4.44. The van der Waals surface area contributed by atoms with Gasteiger partial charge >= 0.3 is 0 Å². The topological polar surface area (TPSA) is 69.4 Å². The third-order valence-corrected chi connectivity index (χ3v) is 6.09. The molecule has 5 rings (SSSR count). The van der Waals surface area contributed by atoms with E-state index in [2.05, 4.69) is 70.2 Å². The zero-order valence-electron chi connectivity index (χ0n) is 20.6. The van der Waals surface area contributed by atoms with Gasteiger partial charge in [0.05, 0.1) is 16.9 Å². The predicted molar refractivity (Wildman–Crippen MR) is 147 cm³/mol. The second kappa shape index (κ2) is 9.66. The van der Waals surface area contributed by atoms with E-state index in [1.165, 1.54) is 12.1 Å². The largest absolute Gasteiger partial charge is 0.383 e. The Morgan fingerprint density at radius 1 is 1.03 bits per heavy atom. The molecule has 0 aliphatic heterocycles. The monoisotopic (exact) mass is 477 g/mol. The highest BCUT2D eigenvalue weighted by Gasteiger charge is 2.15. The summed E-state index contributed by atoms with van der Waals surface area (Å²) in [6, 6.07) is 17.0. The van der Waals surface area contributed by atoms with Crippen LogP contribution in [0.15, 0.2) is 91.3 Å². The number of aromatic amines is 2. The van der Waals surface area contributed by atoms with E-state index >= 15 is 0 Å². The SMILES string of the molecule is C=C/C(=C\C(=C/C)c1ccc2[nH]nc(-c3cc4c(-c5cccc(F)c5)nccc4[nH]3)c2c1)NC(C)C. The highest BCUT2D eigenvalue weighted by Crippen LogP contribution is 2.34. The summed E-state index contributed by atoms with van der Waals surface area (Å²) in [5.74, 6) is -0.287. The van der Waals surface area contributed by atoms with E-state index in [1.807, 2.05) is 37.3 Å². The highest BCUT2D eigenvalue weighted by atomic mass is 19.1. The fraction of sp³-hybridized carbons (Fsp3) is 0.133. The Kier molecular flexibility index (Phi) is 6.25. The smallest absolute Gasteiger partial charge is 0.123 e. The van der Waals surface area contributed by atoms with Crippen molar-refractivity contribution >= 4 is 27.4 Å². The molecule has 0 aliphatic carbocycles. The predicted octanol–water partition coefficient (Wildman–Crippen LogP) is 7.38. The van der Waals surface area contributed by atoms with Crippen molar-refractivity contribution in [2.24, 2.45) is 0 Å². The summed E-state index contributed by atoms with van der Waals surface area (Å²) in [6.07, 6.45) is 7.76. The van der Waals surface area contributed by atoms with Crippen LogP contribution in [-0.2, 0) is 0 Å². The molecule has 0 amide bonds. The highest BCUT2D eigenvalue weighted by molar-refractivity contribution is 6.00. The number of hydrogen-bond donors (Lipinski definition) is 3. The minimum atomic E-state index is -0.287. The van der Waals surface area contributed by atoms with E-state index in [-0.39, 0.29) is 5.82 Å². The van der Waals surface area contributed by atoms with Gasteiger partial charge in [0, 0.05) is 39.8 Å². The molecule has 5 aromatic rings. The molecule has 3 N–H and O–H groups in total. The minimum absolute atomic E-state index is 0.287. The second-order valence-corrected chi connectivity index (χ2v) is 8.99. The zero-order valence-corrected chi connectivity index (χ0v) is 20.6. The molecule has 0 saturated heterocycles. The number of fused-ring (bicyclic) bond motifs is 2. The van der Waals surface area contributed by atoms with Gasteiger partial charge in [-0.3, -0.25) is 10.1 Å². The molecule has 180 valence electrons. The lowest BCUT2D eigenvalue weighted by molar-refractivity contribution is 0.628. The van der Waals surface area contributed by atoms with Crippen LogP contribution in [0.4, 0.5) is 4.39 Å². The van der Waals surface area contributed by atoms with Gasteiger partial charge < -0.3 is 10.3 Å². The molecule has 36 heavy (non-hydrogen) atoms. The van der Waals surface area contributed by atoms with Gasteiger partial charge in [0.25, 0.3) is 0 Å². The molecule has 6 heteroatoms. The van der Waals surface area contributed by atoms with E-state index in [0.717, 1.165) is 61.3 Å². The molecule has 0 radical (unpaired) electrons. The van der Waals surface area contributed by atoms with Crippen LogP contribution < -0.4 is 5.32 Å². The van der Waals surface area contributed by atoms with Crippen molar-refractivity contribution < 1.29 is 4.39 Å². The first-order valence-electron chi connectivity index (χ1n) is 12.0. The number of allylic oxidation sites excluding steroid dienone is 4. The van der Waals surface area contributed by atoms with Crippen LogP contribution in [0.1, 0.15) is 26.3 Å². The van der Waals surface area contributed by atoms with Crippen molar-refractivity contribution in [2.75, 3.05) is 0 Å². The maximum Gasteiger partial charge on any atom is 0.123 e. The lowest BCUT2D eigenvalue weighted by atomic mass is 10.0. The van der Waals surface area contributed by atoms with Gasteiger partial charge in [-0.15, -0.1) is 0 Å². The number of hydrogen-bond acceptors (Lipinski definition) is 3. The maximum absolute atomic E-state index is 13.9. The van der Waals surface area contributed by atoms with Gasteiger partial charge in [0.2, 0.25) is 0 Å². The van der Waals surface area contributed by atoms with Crippen LogP contribution in [0.5, 0.6) is 0 Å². The van der Waals surface area contributed by atoms with E-state index < -0.39 is 0 Å². The number of benzene rings is 2. The molecule has 0 bridgehead atoms. The summed E-state index contributed by atoms with van der Waals surface area (Å²) >= 11 is 0. The van der Waals surface area contributed by atoms with Crippen molar-refractivity contribution in [3.63, 3.8) is 0 Å². The molecule has 0 aliphatic rings. The molecule has 0 fully saturated rings. The molecule has 2 aromatic carbocycles. The first kappa shape index (κ1) is 23.3. The average molecular weight is 478 g/mol. The minimum Gasteiger partial charge on any atom is -0.383 e. The first-order valence-corrected chi connectivity index (χ1v) is 12.0. The lowest BCUT2D eigenvalue weighted by Gasteiger charge is -2.12. The van der Waals surface area contributed by atoms with Crippen molar-refractivity contribution in [2.45, 2.75) is 26.8 Å². The van der Waals surface area contributed by atoms with Crippen LogP contribution in [0.2, 0.25) is 0 Å². The fourth-order valence-electron chi connectivity index (χ4n) is 4.44. The van der Waals surface area contributed by atoms with E-state index in [0.29, 0.717) is 6.04 Å². The molecule has 0 atom stereocenters. The zero-order chi connectivity index (χ0) is 25.2. The van der Waals surface area contributed by atoms with Gasteiger partial charge in [-0.1, -0.05) is 30.9 Å². The van der Waals surface area contributed by atoms with Crippen LogP contribution in [0.25, 0.3) is 50.0 Å². The van der Waals surface area contributed by atoms with Crippen molar-refractivity contribution in [3.05, 3.63) is 103 Å². The quantitative estimate of drug-likeness (QED) is 0.214. The first-order chi connectivity index (χ1) is 17.5. The Balaban J connectivity index is 1.59. The van der Waals surface area contributed by atoms with Crippen LogP contribution in [-0.4, -0.2) is 26.2 Å². The maximum atomic E-state index is 13.9. The van der Waals surface area contributed by atoms with Crippen LogP contribution in [0.3, 0.4) is 0 Å². The van der Waals surface area contributed by atoms with E-state index in [9.17, 15) is 4.39 Å². The van der Waals surface area contributed by atoms with Crippen molar-refractivity contribution in [1.29, 1.82) is 0 Å². The molecule has 0 unspecified atom stereocenters. The second-order valence-electron chi connectivity index (χ2n) is 8.99. The third-order valence-electron chi connectivity index (χ3n) is 6.09. The average Bonchev–Trinajstić information content (AvgIpc) is 3.49. The molecule has 0 saturated carbocycles. The van der Waals surface area contributed by atoms with Crippen LogP contribution in [0, 0.1) is 5.82 Å². The standard InChI is InChI=1S/C30H28FN5/c1-5-19(15-23(6-2)33-18(3)4)20-10-11-27-24(16-20)30(36-35-27)28-17-25-26(34-28)12-13-32-29(25)21-8-7-9-22(31)14-21/h5-18,33-34H,2H2,1,3-4H3,(H,35,36)/b19-5+,23-15+. The number of H-pyrrole nitrogens is 2. The molecule has 3 aromatic heterocycles. The van der Waals surface area contributed by atoms with Crippen LogP contribution >= 0.6 is 0 Å². The summed E-state index contributed by atoms with van der Waals surface area (Å²) in [6.45, 7) is 10.2. The van der Waals surface area contributed by atoms with Crippen molar-refractivity contribution in [1.82, 2.24) is 25.5 Å². The molecule has 0 spiro atoms. The van der Waals surface area contributed by atoms with E-state index in [4.69, 9.17) is 0 Å². The Bertz CT molecular complexity index is 1630. The van der Waals surface area contributed by atoms with Gasteiger partial charge in [-0.05, 0) is 80.5 Å². The lowest BCUT2D eigenvalue weighted by Crippen LogP contribution is -2.20. The third kappa shape index (κ3) is 4.45. The van der Waals surface area contributed by atoms with Crippen molar-refractivity contribution in [3.8, 4) is 22.6 Å². The van der Waals surface area contributed by atoms with E-state index in [1.54, 1.807) is 12.3 Å². The Morgan fingerprint density at radius 3 is 2.61 bits per heavy atom. The summed E-state index contributed by atoms with van der Waals surface area (Å²) < 4.78 is 13.9. The summed E-state index contributed by atoms with van der Waals surface area (Å²) in [7, 11) is 0. The van der Waals surface area contributed by atoms with Gasteiger partial charge in [0.15, 0.2) is 0 Å². The Hall–Kier alpha value is -4.45. The summed E-state index contributed by atoms with van der Waals surface area (Å²) in [5.41, 5.74) is 8.14.